The Kier molecular flexibility index (Phi) is 3.71. The lowest BCUT2D eigenvalue weighted by molar-refractivity contribution is -0.112. The highest BCUT2D eigenvalue weighted by molar-refractivity contribution is 6.31. The molecule has 0 saturated carbocycles. The molecule has 1 heterocycles. The largest absolute Gasteiger partial charge is 0.459 e. The van der Waals surface area contributed by atoms with Gasteiger partial charge in [0.2, 0.25) is 0 Å². The molecule has 0 radical (unpaired) electrons. The highest BCUT2D eigenvalue weighted by Gasteiger charge is 2.19. The first-order valence-electron chi connectivity index (χ1n) is 5.43. The van der Waals surface area contributed by atoms with Crippen molar-refractivity contribution in [1.29, 1.82) is 0 Å². The summed E-state index contributed by atoms with van der Waals surface area (Å²) < 4.78 is 5.64. The summed E-state index contributed by atoms with van der Waals surface area (Å²) in [6, 6.07) is 6.66. The minimum absolute atomic E-state index is 0.376. The number of benzene rings is 1. The molecule has 18 heavy (non-hydrogen) atoms. The first-order chi connectivity index (χ1) is 8.65. The molecule has 2 rings (SSSR count). The number of carbonyl (C=O) groups is 1. The predicted molar refractivity (Wildman–Crippen MR) is 71.5 cm³/mol. The molecule has 0 amide bonds. The molecule has 0 fully saturated rings. The van der Waals surface area contributed by atoms with Gasteiger partial charge in [-0.15, -0.1) is 6.42 Å². The van der Waals surface area contributed by atoms with E-state index in [0.717, 1.165) is 11.7 Å². The Morgan fingerprint density at radius 1 is 1.56 bits per heavy atom. The second kappa shape index (κ2) is 5.26. The van der Waals surface area contributed by atoms with E-state index < -0.39 is 6.04 Å². The maximum Gasteiger partial charge on any atom is 0.144 e. The van der Waals surface area contributed by atoms with Crippen LogP contribution in [0.15, 0.2) is 28.7 Å². The summed E-state index contributed by atoms with van der Waals surface area (Å²) in [4.78, 5) is 12.9. The van der Waals surface area contributed by atoms with Crippen molar-refractivity contribution in [3.05, 3.63) is 35.0 Å². The number of aldehydes is 1. The van der Waals surface area contributed by atoms with Gasteiger partial charge in [0.15, 0.2) is 0 Å². The number of hydrogen-bond donors (Lipinski definition) is 0. The lowest BCUT2D eigenvalue weighted by Gasteiger charge is -2.18. The number of carbonyl (C=O) groups excluding carboxylic acids is 1. The summed E-state index contributed by atoms with van der Waals surface area (Å²) >= 11 is 5.91. The molecule has 0 aliphatic carbocycles. The van der Waals surface area contributed by atoms with Gasteiger partial charge in [-0.2, -0.15) is 0 Å². The number of rotatable bonds is 4. The smallest absolute Gasteiger partial charge is 0.144 e. The van der Waals surface area contributed by atoms with Crippen molar-refractivity contribution in [3.63, 3.8) is 0 Å². The molecule has 1 aromatic heterocycles. The van der Waals surface area contributed by atoms with Gasteiger partial charge >= 0.3 is 0 Å². The van der Waals surface area contributed by atoms with Crippen LogP contribution in [0.2, 0.25) is 5.02 Å². The number of fused-ring (bicyclic) bond motifs is 1. The van der Waals surface area contributed by atoms with Gasteiger partial charge in [0, 0.05) is 10.4 Å². The molecule has 0 aliphatic heterocycles. The van der Waals surface area contributed by atoms with E-state index in [0.29, 0.717) is 22.9 Å². The second-order valence-electron chi connectivity index (χ2n) is 4.03. The molecular weight excluding hydrogens is 250 g/mol. The maximum absolute atomic E-state index is 11.2. The number of likely N-dealkylation sites (N-methyl/N-ethyl adjacent to an activating group) is 1. The van der Waals surface area contributed by atoms with Crippen LogP contribution in [0.3, 0.4) is 0 Å². The molecule has 3 nitrogen and oxygen atoms in total. The Morgan fingerprint density at radius 3 is 3.00 bits per heavy atom. The van der Waals surface area contributed by atoms with Crippen LogP contribution in [-0.2, 0) is 4.79 Å². The first kappa shape index (κ1) is 12.7. The fraction of sp³-hybridized carbons (Fsp3) is 0.214. The van der Waals surface area contributed by atoms with Crippen LogP contribution in [-0.4, -0.2) is 24.8 Å². The summed E-state index contributed by atoms with van der Waals surface area (Å²) in [5, 5.41) is 1.51. The summed E-state index contributed by atoms with van der Waals surface area (Å²) in [7, 11) is 1.78. The third kappa shape index (κ3) is 2.40. The zero-order chi connectivity index (χ0) is 13.1. The van der Waals surface area contributed by atoms with Gasteiger partial charge in [0.1, 0.15) is 23.7 Å². The van der Waals surface area contributed by atoms with Crippen molar-refractivity contribution in [2.24, 2.45) is 0 Å². The average molecular weight is 262 g/mol. The van der Waals surface area contributed by atoms with Crippen molar-refractivity contribution < 1.29 is 9.21 Å². The Hall–Kier alpha value is -1.76. The molecule has 1 aromatic carbocycles. The van der Waals surface area contributed by atoms with Gasteiger partial charge in [-0.1, -0.05) is 17.5 Å². The number of nitrogens with zero attached hydrogens (tertiary/aromatic N) is 1. The molecule has 4 heteroatoms. The fourth-order valence-electron chi connectivity index (χ4n) is 1.81. The SMILES string of the molecule is C#CCN(C)C(C=O)c1cc2cc(Cl)ccc2o1. The Labute approximate surface area is 110 Å². The lowest BCUT2D eigenvalue weighted by Crippen LogP contribution is -2.25. The van der Waals surface area contributed by atoms with E-state index in [2.05, 4.69) is 5.92 Å². The number of halogens is 1. The minimum Gasteiger partial charge on any atom is -0.459 e. The summed E-state index contributed by atoms with van der Waals surface area (Å²) in [6.07, 6.45) is 6.06. The summed E-state index contributed by atoms with van der Waals surface area (Å²) in [6.45, 7) is 0.376. The van der Waals surface area contributed by atoms with Gasteiger partial charge < -0.3 is 9.21 Å². The van der Waals surface area contributed by atoms with Crippen LogP contribution in [0, 0.1) is 12.3 Å². The molecule has 0 N–H and O–H groups in total. The Balaban J connectivity index is 2.40. The number of terminal acetylenes is 1. The van der Waals surface area contributed by atoms with Gasteiger partial charge in [0.25, 0.3) is 0 Å². The number of hydrogen-bond acceptors (Lipinski definition) is 3. The molecule has 92 valence electrons. The quantitative estimate of drug-likeness (QED) is 0.627. The zero-order valence-corrected chi connectivity index (χ0v) is 10.6. The predicted octanol–water partition coefficient (Wildman–Crippen LogP) is 2.89. The topological polar surface area (TPSA) is 33.5 Å². The van der Waals surface area contributed by atoms with Crippen LogP contribution in [0.25, 0.3) is 11.0 Å². The van der Waals surface area contributed by atoms with E-state index in [1.165, 1.54) is 0 Å². The molecule has 0 aliphatic rings. The molecule has 0 bridgehead atoms. The second-order valence-corrected chi connectivity index (χ2v) is 4.47. The van der Waals surface area contributed by atoms with Crippen LogP contribution in [0.1, 0.15) is 11.8 Å². The van der Waals surface area contributed by atoms with E-state index in [9.17, 15) is 4.79 Å². The zero-order valence-electron chi connectivity index (χ0n) is 9.89. The lowest BCUT2D eigenvalue weighted by atomic mass is 10.2. The van der Waals surface area contributed by atoms with E-state index in [1.807, 2.05) is 6.07 Å². The fourth-order valence-corrected chi connectivity index (χ4v) is 1.99. The monoisotopic (exact) mass is 261 g/mol. The van der Waals surface area contributed by atoms with E-state index in [4.69, 9.17) is 22.4 Å². The molecule has 1 unspecified atom stereocenters. The summed E-state index contributed by atoms with van der Waals surface area (Å²) in [5.41, 5.74) is 0.704. The van der Waals surface area contributed by atoms with Crippen LogP contribution >= 0.6 is 11.6 Å². The van der Waals surface area contributed by atoms with Crippen molar-refractivity contribution in [2.45, 2.75) is 6.04 Å². The number of furan rings is 1. The van der Waals surface area contributed by atoms with Crippen molar-refractivity contribution in [1.82, 2.24) is 4.90 Å². The molecule has 0 spiro atoms. The molecule has 2 aromatic rings. The highest BCUT2D eigenvalue weighted by Crippen LogP contribution is 2.27. The normalized spacial score (nSPS) is 12.6. The Bertz CT molecular complexity index is 612. The van der Waals surface area contributed by atoms with Crippen molar-refractivity contribution in [2.75, 3.05) is 13.6 Å². The maximum atomic E-state index is 11.2. The van der Waals surface area contributed by atoms with Gasteiger partial charge in [0.05, 0.1) is 6.54 Å². The Morgan fingerprint density at radius 2 is 2.33 bits per heavy atom. The minimum atomic E-state index is -0.479. The van der Waals surface area contributed by atoms with E-state index in [1.54, 1.807) is 30.1 Å². The van der Waals surface area contributed by atoms with Crippen molar-refractivity contribution in [3.8, 4) is 12.3 Å². The molecule has 1 atom stereocenters. The molecular formula is C14H12ClNO2. The van der Waals surface area contributed by atoms with Gasteiger partial charge in [-0.25, -0.2) is 0 Å². The van der Waals surface area contributed by atoms with E-state index in [-0.39, 0.29) is 0 Å². The summed E-state index contributed by atoms with van der Waals surface area (Å²) in [5.74, 6) is 3.07. The van der Waals surface area contributed by atoms with Crippen LogP contribution in [0.5, 0.6) is 0 Å². The van der Waals surface area contributed by atoms with Crippen LogP contribution in [0.4, 0.5) is 0 Å². The van der Waals surface area contributed by atoms with Crippen LogP contribution < -0.4 is 0 Å². The van der Waals surface area contributed by atoms with Gasteiger partial charge in [-0.3, -0.25) is 4.90 Å². The standard InChI is InChI=1S/C14H12ClNO2/c1-3-6-16(2)12(9-17)14-8-10-7-11(15)4-5-13(10)18-14/h1,4-5,7-9,12H,6H2,2H3. The third-order valence-corrected chi connectivity index (χ3v) is 2.97. The average Bonchev–Trinajstić information content (AvgIpc) is 2.72. The first-order valence-corrected chi connectivity index (χ1v) is 5.81. The third-order valence-electron chi connectivity index (χ3n) is 2.73. The van der Waals surface area contributed by atoms with E-state index >= 15 is 0 Å². The van der Waals surface area contributed by atoms with Gasteiger partial charge in [-0.05, 0) is 31.3 Å². The molecule has 0 saturated heterocycles. The highest BCUT2D eigenvalue weighted by atomic mass is 35.5. The van der Waals surface area contributed by atoms with Crippen molar-refractivity contribution >= 4 is 28.9 Å².